The number of hydrogen-bond donors (Lipinski definition) is 1. The quantitative estimate of drug-likeness (QED) is 0.657. The van der Waals surface area contributed by atoms with E-state index in [0.29, 0.717) is 24.6 Å². The predicted molar refractivity (Wildman–Crippen MR) is 110 cm³/mol. The van der Waals surface area contributed by atoms with E-state index < -0.39 is 38.9 Å². The van der Waals surface area contributed by atoms with E-state index in [0.717, 1.165) is 25.6 Å². The zero-order valence-corrected chi connectivity index (χ0v) is 18.3. The Kier molecular flexibility index (Phi) is 6.97. The molecule has 1 amide bonds. The summed E-state index contributed by atoms with van der Waals surface area (Å²) in [5, 5.41) is 0.269. The van der Waals surface area contributed by atoms with E-state index >= 15 is 0 Å². The van der Waals surface area contributed by atoms with E-state index in [-0.39, 0.29) is 16.8 Å². The van der Waals surface area contributed by atoms with Crippen molar-refractivity contribution in [1.29, 1.82) is 0 Å². The van der Waals surface area contributed by atoms with Gasteiger partial charge in [-0.1, -0.05) is 11.6 Å². The minimum atomic E-state index is -3.94. The minimum Gasteiger partial charge on any atom is -0.452 e. The van der Waals surface area contributed by atoms with Crippen molar-refractivity contribution in [3.63, 3.8) is 0 Å². The molecular formula is C19H20ClF2N3O5S. The summed E-state index contributed by atoms with van der Waals surface area (Å²) in [4.78, 5) is 18.1. The van der Waals surface area contributed by atoms with Crippen LogP contribution in [0, 0.1) is 11.6 Å². The van der Waals surface area contributed by atoms with Crippen LogP contribution in [0.3, 0.4) is 0 Å². The molecule has 2 heterocycles. The largest absolute Gasteiger partial charge is 0.452 e. The fourth-order valence-corrected chi connectivity index (χ4v) is 4.00. The normalized spacial score (nSPS) is 16.4. The summed E-state index contributed by atoms with van der Waals surface area (Å²) in [5.74, 6) is -3.45. The lowest BCUT2D eigenvalue weighted by atomic mass is 10.2. The lowest BCUT2D eigenvalue weighted by Crippen LogP contribution is -2.33. The molecule has 1 unspecified atom stereocenters. The number of carbonyl (C=O) groups is 1. The van der Waals surface area contributed by atoms with E-state index in [4.69, 9.17) is 21.1 Å². The third-order valence-corrected chi connectivity index (χ3v) is 5.41. The summed E-state index contributed by atoms with van der Waals surface area (Å²) in [5.41, 5.74) is -0.778. The number of pyridine rings is 1. The number of anilines is 1. The summed E-state index contributed by atoms with van der Waals surface area (Å²) in [6.07, 6.45) is 3.95. The molecule has 0 radical (unpaired) electrons. The van der Waals surface area contributed by atoms with Crippen LogP contribution < -0.4 is 14.4 Å². The Morgan fingerprint density at radius 3 is 2.71 bits per heavy atom. The van der Waals surface area contributed by atoms with Crippen molar-refractivity contribution in [2.45, 2.75) is 18.9 Å². The van der Waals surface area contributed by atoms with Crippen molar-refractivity contribution < 1.29 is 31.5 Å². The number of amides is 1. The molecule has 1 aliphatic rings. The third-order valence-electron chi connectivity index (χ3n) is 4.58. The van der Waals surface area contributed by atoms with Gasteiger partial charge in [-0.2, -0.15) is 0 Å². The van der Waals surface area contributed by atoms with Gasteiger partial charge >= 0.3 is 0 Å². The molecule has 168 valence electrons. The monoisotopic (exact) mass is 475 g/mol. The predicted octanol–water partition coefficient (Wildman–Crippen LogP) is 3.11. The number of nitrogens with zero attached hydrogens (tertiary/aromatic N) is 2. The van der Waals surface area contributed by atoms with E-state index in [1.165, 1.54) is 12.3 Å². The van der Waals surface area contributed by atoms with Gasteiger partial charge < -0.3 is 14.4 Å². The first-order chi connectivity index (χ1) is 14.6. The fourth-order valence-electron chi connectivity index (χ4n) is 3.29. The van der Waals surface area contributed by atoms with Gasteiger partial charge in [0.2, 0.25) is 10.0 Å². The van der Waals surface area contributed by atoms with Crippen LogP contribution in [0.15, 0.2) is 24.4 Å². The van der Waals surface area contributed by atoms with Crippen LogP contribution in [0.4, 0.5) is 14.6 Å². The van der Waals surface area contributed by atoms with Crippen LogP contribution in [-0.4, -0.2) is 51.9 Å². The molecular weight excluding hydrogens is 456 g/mol. The molecule has 0 bridgehead atoms. The fraction of sp³-hybridized carbons (Fsp3) is 0.368. The van der Waals surface area contributed by atoms with Gasteiger partial charge in [0, 0.05) is 25.8 Å². The first-order valence-corrected chi connectivity index (χ1v) is 11.5. The lowest BCUT2D eigenvalue weighted by Gasteiger charge is -2.26. The minimum absolute atomic E-state index is 0.0582. The van der Waals surface area contributed by atoms with Gasteiger partial charge in [0.05, 0.1) is 35.7 Å². The molecule has 1 aromatic carbocycles. The zero-order valence-electron chi connectivity index (χ0n) is 16.7. The molecule has 0 aliphatic carbocycles. The van der Waals surface area contributed by atoms with E-state index in [2.05, 4.69) is 4.98 Å². The number of nitrogens with one attached hydrogen (secondary N) is 1. The second-order valence-corrected chi connectivity index (χ2v) is 9.14. The van der Waals surface area contributed by atoms with Gasteiger partial charge in [-0.15, -0.1) is 0 Å². The van der Waals surface area contributed by atoms with Crippen LogP contribution >= 0.6 is 11.6 Å². The van der Waals surface area contributed by atoms with Crippen LogP contribution in [0.2, 0.25) is 5.02 Å². The summed E-state index contributed by atoms with van der Waals surface area (Å²) in [6, 6.07) is 2.75. The van der Waals surface area contributed by atoms with Crippen LogP contribution in [0.5, 0.6) is 11.5 Å². The third kappa shape index (κ3) is 5.60. The Hall–Kier alpha value is -2.50. The Morgan fingerprint density at radius 2 is 2.06 bits per heavy atom. The highest BCUT2D eigenvalue weighted by Gasteiger charge is 2.27. The van der Waals surface area contributed by atoms with Crippen molar-refractivity contribution >= 4 is 33.3 Å². The average molecular weight is 476 g/mol. The second kappa shape index (κ2) is 9.33. The van der Waals surface area contributed by atoms with Crippen molar-refractivity contribution in [1.82, 2.24) is 9.71 Å². The number of benzene rings is 1. The molecule has 3 rings (SSSR count). The summed E-state index contributed by atoms with van der Waals surface area (Å²) < 4.78 is 63.0. The zero-order chi connectivity index (χ0) is 22.8. The van der Waals surface area contributed by atoms with Crippen molar-refractivity contribution in [3.8, 4) is 11.5 Å². The molecule has 8 nitrogen and oxygen atoms in total. The highest BCUT2D eigenvalue weighted by Crippen LogP contribution is 2.34. The van der Waals surface area contributed by atoms with E-state index in [1.54, 1.807) is 11.8 Å². The van der Waals surface area contributed by atoms with Gasteiger partial charge in [-0.05, 0) is 18.9 Å². The van der Waals surface area contributed by atoms with Gasteiger partial charge in [0.1, 0.15) is 17.4 Å². The molecule has 1 saturated heterocycles. The van der Waals surface area contributed by atoms with Crippen LogP contribution in [0.1, 0.15) is 23.2 Å². The molecule has 1 N–H and O–H groups in total. The first-order valence-electron chi connectivity index (χ1n) is 9.19. The summed E-state index contributed by atoms with van der Waals surface area (Å²) >= 11 is 6.34. The van der Waals surface area contributed by atoms with Gasteiger partial charge in [-0.25, -0.2) is 26.9 Å². The number of aromatic nitrogens is 1. The molecule has 31 heavy (non-hydrogen) atoms. The maximum Gasteiger partial charge on any atom is 0.267 e. The second-order valence-electron chi connectivity index (χ2n) is 6.99. The number of carbonyl (C=O) groups excluding carboxylic acids is 1. The molecule has 1 atom stereocenters. The number of sulfonamides is 1. The van der Waals surface area contributed by atoms with Crippen molar-refractivity contribution in [2.75, 3.05) is 31.4 Å². The average Bonchev–Trinajstić information content (AvgIpc) is 3.11. The smallest absolute Gasteiger partial charge is 0.267 e. The molecule has 2 aromatic rings. The summed E-state index contributed by atoms with van der Waals surface area (Å²) in [7, 11) is -2.32. The van der Waals surface area contributed by atoms with Gasteiger partial charge in [-0.3, -0.25) is 4.79 Å². The molecule has 1 fully saturated rings. The SMILES string of the molecule is COCC1CCCN1c1ncc(Oc2cc(F)c(C(=O)NS(C)(=O)=O)cc2F)cc1Cl. The maximum absolute atomic E-state index is 14.4. The van der Waals surface area contributed by atoms with E-state index in [1.807, 2.05) is 4.90 Å². The Bertz CT molecular complexity index is 1100. The molecule has 1 aromatic heterocycles. The number of rotatable bonds is 7. The lowest BCUT2D eigenvalue weighted by molar-refractivity contribution is 0.0977. The Labute approximate surface area is 183 Å². The summed E-state index contributed by atoms with van der Waals surface area (Å²) in [6.45, 7) is 1.29. The highest BCUT2D eigenvalue weighted by molar-refractivity contribution is 7.89. The van der Waals surface area contributed by atoms with Crippen molar-refractivity contribution in [3.05, 3.63) is 46.6 Å². The number of methoxy groups -OCH3 is 1. The van der Waals surface area contributed by atoms with Crippen LogP contribution in [0.25, 0.3) is 0 Å². The highest BCUT2D eigenvalue weighted by atomic mass is 35.5. The number of ether oxygens (including phenoxy) is 2. The Morgan fingerprint density at radius 1 is 1.32 bits per heavy atom. The maximum atomic E-state index is 14.4. The molecule has 1 aliphatic heterocycles. The standard InChI is InChI=1S/C19H20ClF2N3O5S/c1-29-10-11-4-3-5-25(11)18-14(20)6-12(9-23-18)30-17-8-15(21)13(7-16(17)22)19(26)24-31(2,27)28/h6-9,11H,3-5,10H2,1-2H3,(H,24,26). The molecule has 12 heteroatoms. The molecule has 0 saturated carbocycles. The van der Waals surface area contributed by atoms with Crippen LogP contribution in [-0.2, 0) is 14.8 Å². The van der Waals surface area contributed by atoms with Gasteiger partial charge in [0.15, 0.2) is 11.6 Å². The van der Waals surface area contributed by atoms with E-state index in [9.17, 15) is 22.0 Å². The molecule has 0 spiro atoms. The topological polar surface area (TPSA) is 97.8 Å². The van der Waals surface area contributed by atoms with Gasteiger partial charge in [0.25, 0.3) is 5.91 Å². The number of hydrogen-bond acceptors (Lipinski definition) is 7. The Balaban J connectivity index is 1.80. The number of halogens is 3. The first kappa shape index (κ1) is 23.2. The van der Waals surface area contributed by atoms with Crippen molar-refractivity contribution in [2.24, 2.45) is 0 Å².